The van der Waals surface area contributed by atoms with E-state index in [4.69, 9.17) is 39.5 Å². The first-order chi connectivity index (χ1) is 13.2. The van der Waals surface area contributed by atoms with E-state index in [2.05, 4.69) is 5.32 Å². The number of ether oxygens (including phenoxy) is 1. The van der Waals surface area contributed by atoms with Gasteiger partial charge in [-0.05, 0) is 24.3 Å². The van der Waals surface area contributed by atoms with Gasteiger partial charge in [-0.25, -0.2) is 8.42 Å². The van der Waals surface area contributed by atoms with E-state index in [1.54, 1.807) is 0 Å². The third-order valence-corrected chi connectivity index (χ3v) is 6.68. The molecule has 150 valence electrons. The molecule has 1 saturated heterocycles. The van der Waals surface area contributed by atoms with Gasteiger partial charge in [-0.3, -0.25) is 0 Å². The first-order valence-corrected chi connectivity index (χ1v) is 10.7. The number of halogens is 3. The van der Waals surface area contributed by atoms with Crippen LogP contribution in [0.15, 0.2) is 35.2 Å². The smallest absolute Gasteiger partial charge is 0.545 e. The summed E-state index contributed by atoms with van der Waals surface area (Å²) >= 11 is 17.9. The average Bonchev–Trinajstić information content (AvgIpc) is 2.61. The van der Waals surface area contributed by atoms with Crippen molar-refractivity contribution < 1.29 is 52.6 Å². The molecule has 3 rings (SSSR count). The van der Waals surface area contributed by atoms with Gasteiger partial charge in [0.2, 0.25) is 10.0 Å². The van der Waals surface area contributed by atoms with Crippen molar-refractivity contribution in [3.63, 3.8) is 0 Å². The number of aromatic carboxylic acids is 1. The number of carbonyl (C=O) groups is 1. The SMILES string of the molecule is O=C([O-])c1cc(S(=O)(=O)N2CCNCC2)c(Oc2cc(Cl)cc(Cl)c2)cc1Cl.[Na+]. The zero-order valence-electron chi connectivity index (χ0n) is 15.2. The molecule has 1 heterocycles. The second-order valence-corrected chi connectivity index (χ2v) is 9.11. The molecule has 29 heavy (non-hydrogen) atoms. The third-order valence-electron chi connectivity index (χ3n) is 4.01. The second-order valence-electron chi connectivity index (χ2n) is 5.93. The molecule has 0 atom stereocenters. The Morgan fingerprint density at radius 3 is 2.17 bits per heavy atom. The minimum atomic E-state index is -4.05. The molecule has 12 heteroatoms. The number of hydrogen-bond donors (Lipinski definition) is 1. The summed E-state index contributed by atoms with van der Waals surface area (Å²) in [5, 5.41) is 14.7. The zero-order chi connectivity index (χ0) is 20.5. The largest absolute Gasteiger partial charge is 1.00 e. The fraction of sp³-hybridized carbons (Fsp3) is 0.235. The molecule has 1 aliphatic heterocycles. The van der Waals surface area contributed by atoms with E-state index >= 15 is 0 Å². The molecule has 0 aliphatic carbocycles. The molecule has 7 nitrogen and oxygen atoms in total. The van der Waals surface area contributed by atoms with Gasteiger partial charge in [0, 0.05) is 47.9 Å². The summed E-state index contributed by atoms with van der Waals surface area (Å²) in [5.74, 6) is -1.57. The van der Waals surface area contributed by atoms with Crippen LogP contribution in [0, 0.1) is 0 Å². The standard InChI is InChI=1S/C17H15Cl3N2O5S.Na/c18-10-5-11(19)7-12(6-10)27-15-9-14(20)13(17(23)24)8-16(15)28(25,26)22-3-1-21-2-4-22;/h5-9,21H,1-4H2,(H,23,24);/q;+1/p-1. The van der Waals surface area contributed by atoms with Gasteiger partial charge in [-0.15, -0.1) is 0 Å². The van der Waals surface area contributed by atoms with Crippen molar-refractivity contribution in [2.75, 3.05) is 26.2 Å². The van der Waals surface area contributed by atoms with E-state index in [0.29, 0.717) is 13.1 Å². The molecule has 0 aromatic heterocycles. The maximum absolute atomic E-state index is 13.1. The van der Waals surface area contributed by atoms with E-state index in [0.717, 1.165) is 12.1 Å². The van der Waals surface area contributed by atoms with Crippen molar-refractivity contribution in [3.8, 4) is 11.5 Å². The molecule has 0 amide bonds. The Morgan fingerprint density at radius 2 is 1.62 bits per heavy atom. The predicted molar refractivity (Wildman–Crippen MR) is 104 cm³/mol. The van der Waals surface area contributed by atoms with Crippen LogP contribution >= 0.6 is 34.8 Å². The number of carboxylic acids is 1. The number of carbonyl (C=O) groups excluding carboxylic acids is 1. The van der Waals surface area contributed by atoms with E-state index in [1.807, 2.05) is 0 Å². The number of carboxylic acid groups (broad SMARTS) is 1. The molecule has 0 saturated carbocycles. The molecule has 0 bridgehead atoms. The number of piperazine rings is 1. The molecule has 0 radical (unpaired) electrons. The van der Waals surface area contributed by atoms with Gasteiger partial charge in [0.05, 0.1) is 11.0 Å². The minimum absolute atomic E-state index is 0. The fourth-order valence-corrected chi connectivity index (χ4v) is 5.01. The molecule has 1 aliphatic rings. The number of nitrogens with zero attached hydrogens (tertiary/aromatic N) is 1. The molecule has 2 aromatic rings. The van der Waals surface area contributed by atoms with Crippen LogP contribution in [0.2, 0.25) is 15.1 Å². The Hall–Kier alpha value is -0.550. The summed E-state index contributed by atoms with van der Waals surface area (Å²) in [6, 6.07) is 6.43. The van der Waals surface area contributed by atoms with Crippen molar-refractivity contribution in [2.24, 2.45) is 0 Å². The van der Waals surface area contributed by atoms with Gasteiger partial charge in [0.1, 0.15) is 16.4 Å². The van der Waals surface area contributed by atoms with Gasteiger partial charge >= 0.3 is 29.6 Å². The maximum Gasteiger partial charge on any atom is 1.00 e. The van der Waals surface area contributed by atoms with Crippen LogP contribution in [-0.4, -0.2) is 44.9 Å². The summed E-state index contributed by atoms with van der Waals surface area (Å²) in [6.07, 6.45) is 0. The predicted octanol–water partition coefficient (Wildman–Crippen LogP) is -0.599. The zero-order valence-corrected chi connectivity index (χ0v) is 20.3. The Bertz CT molecular complexity index is 1010. The monoisotopic (exact) mass is 486 g/mol. The third kappa shape index (κ3) is 5.78. The van der Waals surface area contributed by atoms with E-state index in [1.165, 1.54) is 22.5 Å². The van der Waals surface area contributed by atoms with Crippen LogP contribution in [0.4, 0.5) is 0 Å². The molecule has 1 N–H and O–H groups in total. The average molecular weight is 488 g/mol. The van der Waals surface area contributed by atoms with Crippen LogP contribution in [0.5, 0.6) is 11.5 Å². The quantitative estimate of drug-likeness (QED) is 0.566. The Morgan fingerprint density at radius 1 is 1.03 bits per heavy atom. The van der Waals surface area contributed by atoms with Crippen molar-refractivity contribution in [3.05, 3.63) is 51.0 Å². The molecular weight excluding hydrogens is 474 g/mol. The number of rotatable bonds is 5. The van der Waals surface area contributed by atoms with E-state index < -0.39 is 21.6 Å². The van der Waals surface area contributed by atoms with E-state index in [-0.39, 0.29) is 74.1 Å². The van der Waals surface area contributed by atoms with Crippen LogP contribution in [0.3, 0.4) is 0 Å². The number of sulfonamides is 1. The Balaban J connectivity index is 0.00000300. The van der Waals surface area contributed by atoms with Crippen molar-refractivity contribution in [1.29, 1.82) is 0 Å². The van der Waals surface area contributed by atoms with Crippen molar-refractivity contribution in [1.82, 2.24) is 9.62 Å². The molecule has 2 aromatic carbocycles. The van der Waals surface area contributed by atoms with Gasteiger partial charge in [-0.2, -0.15) is 4.31 Å². The summed E-state index contributed by atoms with van der Waals surface area (Å²) in [6.45, 7) is 1.41. The number of hydrogen-bond acceptors (Lipinski definition) is 6. The van der Waals surface area contributed by atoms with Gasteiger partial charge in [0.25, 0.3) is 0 Å². The van der Waals surface area contributed by atoms with Crippen LogP contribution < -0.4 is 44.7 Å². The normalized spacial score (nSPS) is 14.9. The molecule has 0 unspecified atom stereocenters. The van der Waals surface area contributed by atoms with Gasteiger partial charge in [-0.1, -0.05) is 34.8 Å². The number of benzene rings is 2. The van der Waals surface area contributed by atoms with Crippen molar-refractivity contribution >= 4 is 50.8 Å². The maximum atomic E-state index is 13.1. The fourth-order valence-electron chi connectivity index (χ4n) is 2.71. The molecule has 1 fully saturated rings. The number of nitrogens with one attached hydrogen (secondary N) is 1. The first kappa shape index (κ1) is 24.7. The van der Waals surface area contributed by atoms with Crippen LogP contribution in [-0.2, 0) is 10.0 Å². The Labute approximate surface area is 205 Å². The van der Waals surface area contributed by atoms with Crippen LogP contribution in [0.25, 0.3) is 0 Å². The summed E-state index contributed by atoms with van der Waals surface area (Å²) in [4.78, 5) is 11.0. The first-order valence-electron chi connectivity index (χ1n) is 8.08. The van der Waals surface area contributed by atoms with E-state index in [9.17, 15) is 18.3 Å². The molecular formula is C17H14Cl3N2NaO5S. The summed E-state index contributed by atoms with van der Waals surface area (Å²) in [5.41, 5.74) is -0.452. The second kappa shape index (κ2) is 10.2. The summed E-state index contributed by atoms with van der Waals surface area (Å²) in [7, 11) is -4.05. The van der Waals surface area contributed by atoms with Crippen LogP contribution in [0.1, 0.15) is 10.4 Å². The van der Waals surface area contributed by atoms with Crippen molar-refractivity contribution in [2.45, 2.75) is 4.90 Å². The summed E-state index contributed by atoms with van der Waals surface area (Å²) < 4.78 is 33.2. The Kier molecular flexibility index (Phi) is 8.67. The molecule has 0 spiro atoms. The van der Waals surface area contributed by atoms with Gasteiger partial charge < -0.3 is 20.0 Å². The van der Waals surface area contributed by atoms with Gasteiger partial charge in [0.15, 0.2) is 0 Å². The topological polar surface area (TPSA) is 98.8 Å². The minimum Gasteiger partial charge on any atom is -0.545 e.